The van der Waals surface area contributed by atoms with Gasteiger partial charge in [-0.15, -0.1) is 0 Å². The van der Waals surface area contributed by atoms with Crippen molar-refractivity contribution in [3.63, 3.8) is 0 Å². The van der Waals surface area contributed by atoms with Crippen molar-refractivity contribution < 1.29 is 48.9 Å². The van der Waals surface area contributed by atoms with Crippen LogP contribution < -0.4 is 38.9 Å². The molecule has 0 heterocycles. The molecule has 14 N–H and O–H groups in total. The number of aliphatic imine (C=N–C) groups is 1. The van der Waals surface area contributed by atoms with E-state index in [1.54, 1.807) is 0 Å². The highest BCUT2D eigenvalue weighted by Gasteiger charge is 2.32. The number of guanidine groups is 1. The zero-order chi connectivity index (χ0) is 28.0. The molecule has 0 fully saturated rings. The Labute approximate surface area is 203 Å². The average Bonchev–Trinajstić information content (AvgIpc) is 2.73. The molecule has 0 spiro atoms. The van der Waals surface area contributed by atoms with E-state index in [4.69, 9.17) is 33.1 Å². The molecule has 0 rings (SSSR count). The van der Waals surface area contributed by atoms with Gasteiger partial charge in [0, 0.05) is 6.54 Å². The molecule has 0 aliphatic carbocycles. The number of nitrogens with two attached hydrogens (primary N) is 4. The minimum atomic E-state index is -1.85. The van der Waals surface area contributed by atoms with Gasteiger partial charge in [0.05, 0.1) is 25.3 Å². The van der Waals surface area contributed by atoms with Gasteiger partial charge in [-0.2, -0.15) is 0 Å². The van der Waals surface area contributed by atoms with Gasteiger partial charge >= 0.3 is 17.9 Å². The molecule has 0 saturated carbocycles. The van der Waals surface area contributed by atoms with Crippen LogP contribution in [0.2, 0.25) is 0 Å². The zero-order valence-electron chi connectivity index (χ0n) is 19.0. The predicted molar refractivity (Wildman–Crippen MR) is 120 cm³/mol. The van der Waals surface area contributed by atoms with Crippen molar-refractivity contribution in [2.24, 2.45) is 27.9 Å². The molecule has 0 bridgehead atoms. The van der Waals surface area contributed by atoms with Crippen molar-refractivity contribution in [2.45, 2.75) is 56.3 Å². The van der Waals surface area contributed by atoms with Crippen LogP contribution in [0.4, 0.5) is 0 Å². The Morgan fingerprint density at radius 3 is 1.53 bits per heavy atom. The zero-order valence-corrected chi connectivity index (χ0v) is 19.0. The fraction of sp³-hybridized carbons (Fsp3) is 0.556. The van der Waals surface area contributed by atoms with Gasteiger partial charge in [0.2, 0.25) is 23.6 Å². The number of nitrogens with zero attached hydrogens (tertiary/aromatic N) is 1. The number of primary amides is 1. The Bertz CT molecular complexity index is 889. The van der Waals surface area contributed by atoms with Crippen LogP contribution in [0.3, 0.4) is 0 Å². The van der Waals surface area contributed by atoms with Gasteiger partial charge in [0.15, 0.2) is 5.96 Å². The third-order valence-electron chi connectivity index (χ3n) is 4.34. The number of amides is 4. The number of aliphatic carboxylic acids is 3. The lowest BCUT2D eigenvalue weighted by Crippen LogP contribution is -2.58. The van der Waals surface area contributed by atoms with Gasteiger partial charge in [-0.1, -0.05) is 0 Å². The summed E-state index contributed by atoms with van der Waals surface area (Å²) in [7, 11) is 0. The lowest BCUT2D eigenvalue weighted by Gasteiger charge is -2.23. The summed E-state index contributed by atoms with van der Waals surface area (Å²) < 4.78 is 0. The molecular formula is C18H30N8O10. The van der Waals surface area contributed by atoms with E-state index in [0.717, 1.165) is 0 Å². The molecule has 0 aliphatic rings. The minimum Gasteiger partial charge on any atom is -0.481 e. The van der Waals surface area contributed by atoms with Crippen LogP contribution in [0.5, 0.6) is 0 Å². The topological polar surface area (TPSA) is 333 Å². The third-order valence-corrected chi connectivity index (χ3v) is 4.34. The van der Waals surface area contributed by atoms with Gasteiger partial charge in [-0.25, -0.2) is 4.79 Å². The van der Waals surface area contributed by atoms with Gasteiger partial charge in [-0.3, -0.25) is 33.8 Å². The number of carboxylic acid groups (broad SMARTS) is 3. The number of nitrogens with one attached hydrogen (secondary N) is 3. The van der Waals surface area contributed by atoms with Crippen LogP contribution in [0.25, 0.3) is 0 Å². The van der Waals surface area contributed by atoms with Crippen LogP contribution in [0.1, 0.15) is 32.1 Å². The minimum absolute atomic E-state index is 0.0474. The van der Waals surface area contributed by atoms with Crippen molar-refractivity contribution in [2.75, 3.05) is 6.54 Å². The van der Waals surface area contributed by atoms with E-state index in [0.29, 0.717) is 0 Å². The molecule has 36 heavy (non-hydrogen) atoms. The lowest BCUT2D eigenvalue weighted by atomic mass is 10.1. The molecule has 0 aromatic carbocycles. The van der Waals surface area contributed by atoms with E-state index in [1.165, 1.54) is 0 Å². The van der Waals surface area contributed by atoms with E-state index in [-0.39, 0.29) is 25.3 Å². The van der Waals surface area contributed by atoms with E-state index in [9.17, 15) is 38.7 Å². The summed E-state index contributed by atoms with van der Waals surface area (Å²) >= 11 is 0. The summed E-state index contributed by atoms with van der Waals surface area (Å²) in [6, 6.07) is -6.68. The number of hydrogen-bond donors (Lipinski definition) is 10. The first kappa shape index (κ1) is 31.5. The Hall–Kier alpha value is -4.48. The first-order valence-electron chi connectivity index (χ1n) is 10.3. The fourth-order valence-electron chi connectivity index (χ4n) is 2.66. The highest BCUT2D eigenvalue weighted by atomic mass is 16.4. The monoisotopic (exact) mass is 518 g/mol. The first-order valence-corrected chi connectivity index (χ1v) is 10.3. The number of carboxylic acids is 3. The van der Waals surface area contributed by atoms with Gasteiger partial charge < -0.3 is 54.2 Å². The lowest BCUT2D eigenvalue weighted by molar-refractivity contribution is -0.145. The molecule has 0 aromatic rings. The Morgan fingerprint density at radius 1 is 0.694 bits per heavy atom. The van der Waals surface area contributed by atoms with Crippen LogP contribution in [0.15, 0.2) is 4.99 Å². The standard InChI is InChI=1S/C18H30N8O10/c19-7(4-11(20)27)14(32)25-9(5-12(28)29)16(34)26-10(6-13(30)31)15(33)24-8(17(35)36)2-1-3-23-18(21)22/h7-10H,1-6,19H2,(H2,20,27)(H,24,33)(H,25,32)(H,26,34)(H,28,29)(H,30,31)(H,35,36)(H4,21,22,23). The molecule has 4 unspecified atom stereocenters. The maximum Gasteiger partial charge on any atom is 0.326 e. The van der Waals surface area contributed by atoms with Crippen molar-refractivity contribution in [3.05, 3.63) is 0 Å². The molecule has 4 amide bonds. The Balaban J connectivity index is 5.52. The fourth-order valence-corrected chi connectivity index (χ4v) is 2.66. The smallest absolute Gasteiger partial charge is 0.326 e. The van der Waals surface area contributed by atoms with Crippen LogP contribution in [0, 0.1) is 0 Å². The molecule has 0 aromatic heterocycles. The van der Waals surface area contributed by atoms with Crippen molar-refractivity contribution >= 4 is 47.5 Å². The molecule has 202 valence electrons. The molecule has 4 atom stereocenters. The molecule has 0 saturated heterocycles. The van der Waals surface area contributed by atoms with Crippen molar-refractivity contribution in [3.8, 4) is 0 Å². The quantitative estimate of drug-likeness (QED) is 0.0489. The van der Waals surface area contributed by atoms with E-state index < -0.39 is 85.0 Å². The summed E-state index contributed by atoms with van der Waals surface area (Å²) in [4.78, 5) is 85.6. The maximum atomic E-state index is 12.6. The molecule has 18 nitrogen and oxygen atoms in total. The van der Waals surface area contributed by atoms with Gasteiger partial charge in [-0.05, 0) is 12.8 Å². The largest absolute Gasteiger partial charge is 0.481 e. The second kappa shape index (κ2) is 15.4. The number of carbonyl (C=O) groups is 7. The molecule has 0 aliphatic heterocycles. The number of carbonyl (C=O) groups excluding carboxylic acids is 4. The van der Waals surface area contributed by atoms with E-state index >= 15 is 0 Å². The highest BCUT2D eigenvalue weighted by Crippen LogP contribution is 2.03. The van der Waals surface area contributed by atoms with Crippen molar-refractivity contribution in [1.82, 2.24) is 16.0 Å². The summed E-state index contributed by atoms with van der Waals surface area (Å²) in [5.74, 6) is -9.34. The van der Waals surface area contributed by atoms with Crippen LogP contribution in [-0.4, -0.2) is 93.5 Å². The van der Waals surface area contributed by atoms with Crippen LogP contribution in [-0.2, 0) is 33.6 Å². The van der Waals surface area contributed by atoms with Crippen molar-refractivity contribution in [1.29, 1.82) is 0 Å². The SMILES string of the molecule is NC(=O)CC(N)C(=O)NC(CC(=O)O)C(=O)NC(CC(=O)O)C(=O)NC(CCCN=C(N)N)C(=O)O. The summed E-state index contributed by atoms with van der Waals surface area (Å²) in [6.45, 7) is 0.0474. The third kappa shape index (κ3) is 13.3. The van der Waals surface area contributed by atoms with Gasteiger partial charge in [0.25, 0.3) is 0 Å². The average molecular weight is 518 g/mol. The normalized spacial score (nSPS) is 13.7. The van der Waals surface area contributed by atoms with E-state index in [2.05, 4.69) is 10.3 Å². The van der Waals surface area contributed by atoms with Gasteiger partial charge in [0.1, 0.15) is 18.1 Å². The number of rotatable bonds is 17. The highest BCUT2D eigenvalue weighted by molar-refractivity contribution is 5.97. The number of hydrogen-bond acceptors (Lipinski definition) is 9. The maximum absolute atomic E-state index is 12.6. The molecule has 0 radical (unpaired) electrons. The van der Waals surface area contributed by atoms with Crippen LogP contribution >= 0.6 is 0 Å². The second-order valence-corrected chi connectivity index (χ2v) is 7.44. The summed E-state index contributed by atoms with van der Waals surface area (Å²) in [6.07, 6.45) is -2.64. The van der Waals surface area contributed by atoms with E-state index in [1.807, 2.05) is 10.6 Å². The second-order valence-electron chi connectivity index (χ2n) is 7.44. The predicted octanol–water partition coefficient (Wildman–Crippen LogP) is -5.27. The first-order chi connectivity index (χ1) is 16.6. The Morgan fingerprint density at radius 2 is 1.14 bits per heavy atom. The molecule has 18 heteroatoms. The summed E-state index contributed by atoms with van der Waals surface area (Å²) in [5, 5.41) is 33.5. The summed E-state index contributed by atoms with van der Waals surface area (Å²) in [5.41, 5.74) is 20.7. The molecular weight excluding hydrogens is 488 g/mol. The Kier molecular flexibility index (Phi) is 13.5.